The van der Waals surface area contributed by atoms with Gasteiger partial charge in [-0.1, -0.05) is 13.3 Å². The highest BCUT2D eigenvalue weighted by Crippen LogP contribution is 2.37. The van der Waals surface area contributed by atoms with Gasteiger partial charge in [-0.2, -0.15) is 0 Å². The molecule has 106 valence electrons. The van der Waals surface area contributed by atoms with E-state index >= 15 is 0 Å². The maximum atomic E-state index is 12.4. The van der Waals surface area contributed by atoms with Crippen molar-refractivity contribution < 1.29 is 9.53 Å². The van der Waals surface area contributed by atoms with Crippen LogP contribution >= 0.6 is 15.9 Å². The van der Waals surface area contributed by atoms with Crippen LogP contribution < -0.4 is 5.32 Å². The number of halogens is 1. The van der Waals surface area contributed by atoms with Crippen molar-refractivity contribution in [1.82, 2.24) is 9.88 Å². The highest BCUT2D eigenvalue weighted by Gasteiger charge is 2.28. The smallest absolute Gasteiger partial charge is 0.268 e. The Morgan fingerprint density at radius 1 is 1.63 bits per heavy atom. The van der Waals surface area contributed by atoms with Crippen molar-refractivity contribution in [2.75, 3.05) is 13.7 Å². The lowest BCUT2D eigenvalue weighted by Crippen LogP contribution is -2.38. The number of hydrogen-bond donors (Lipinski definition) is 1. The van der Waals surface area contributed by atoms with Crippen LogP contribution in [0.2, 0.25) is 0 Å². The summed E-state index contributed by atoms with van der Waals surface area (Å²) in [6.07, 6.45) is 6.29. The molecule has 1 saturated carbocycles. The van der Waals surface area contributed by atoms with Gasteiger partial charge in [0.05, 0.1) is 12.6 Å². The summed E-state index contributed by atoms with van der Waals surface area (Å²) in [6, 6.07) is 2.48. The van der Waals surface area contributed by atoms with Gasteiger partial charge in [-0.05, 0) is 41.3 Å². The third-order valence-electron chi connectivity index (χ3n) is 3.33. The number of methoxy groups -OCH3 is 1. The number of aromatic nitrogens is 1. The van der Waals surface area contributed by atoms with Crippen LogP contribution in [0, 0.1) is 0 Å². The van der Waals surface area contributed by atoms with Crippen LogP contribution in [0.5, 0.6) is 0 Å². The molecule has 1 aliphatic rings. The summed E-state index contributed by atoms with van der Waals surface area (Å²) >= 11 is 3.45. The van der Waals surface area contributed by atoms with Crippen molar-refractivity contribution in [3.05, 3.63) is 22.4 Å². The summed E-state index contributed by atoms with van der Waals surface area (Å²) in [5.41, 5.74) is 0.742. The second kappa shape index (κ2) is 6.57. The van der Waals surface area contributed by atoms with Gasteiger partial charge >= 0.3 is 0 Å². The van der Waals surface area contributed by atoms with Crippen LogP contribution in [0.3, 0.4) is 0 Å². The molecule has 0 radical (unpaired) electrons. The Labute approximate surface area is 122 Å². The molecule has 0 aromatic carbocycles. The van der Waals surface area contributed by atoms with E-state index in [1.165, 1.54) is 0 Å². The standard InChI is InChI=1S/C14H21BrN2O2/c1-3-4-11(9-19-2)16-14(18)13-7-10(15)8-17(13)12-5-6-12/h7-8,11-12H,3-6,9H2,1-2H3,(H,16,18). The van der Waals surface area contributed by atoms with Gasteiger partial charge in [-0.25, -0.2) is 0 Å². The second-order valence-electron chi connectivity index (χ2n) is 5.10. The zero-order valence-corrected chi connectivity index (χ0v) is 13.1. The van der Waals surface area contributed by atoms with Crippen LogP contribution in [0.4, 0.5) is 0 Å². The number of ether oxygens (including phenoxy) is 1. The number of carbonyl (C=O) groups excluding carboxylic acids is 1. The quantitative estimate of drug-likeness (QED) is 0.835. The number of nitrogens with one attached hydrogen (secondary N) is 1. The molecule has 1 fully saturated rings. The van der Waals surface area contributed by atoms with Crippen LogP contribution in [0.15, 0.2) is 16.7 Å². The summed E-state index contributed by atoms with van der Waals surface area (Å²) in [5.74, 6) is -0.00639. The third-order valence-corrected chi connectivity index (χ3v) is 3.76. The Balaban J connectivity index is 2.05. The molecule has 0 bridgehead atoms. The average molecular weight is 329 g/mol. The first-order valence-corrected chi connectivity index (χ1v) is 7.62. The highest BCUT2D eigenvalue weighted by molar-refractivity contribution is 9.10. The van der Waals surface area contributed by atoms with E-state index < -0.39 is 0 Å². The molecule has 5 heteroatoms. The average Bonchev–Trinajstić information content (AvgIpc) is 3.13. The van der Waals surface area contributed by atoms with Gasteiger partial charge in [0.15, 0.2) is 0 Å². The second-order valence-corrected chi connectivity index (χ2v) is 6.01. The molecule has 0 saturated heterocycles. The minimum Gasteiger partial charge on any atom is -0.383 e. The normalized spacial score (nSPS) is 16.4. The molecule has 1 N–H and O–H groups in total. The van der Waals surface area contributed by atoms with Crippen molar-refractivity contribution >= 4 is 21.8 Å². The molecule has 1 heterocycles. The third kappa shape index (κ3) is 3.83. The molecule has 19 heavy (non-hydrogen) atoms. The fourth-order valence-electron chi connectivity index (χ4n) is 2.29. The lowest BCUT2D eigenvalue weighted by molar-refractivity contribution is 0.0882. The Hall–Kier alpha value is -0.810. The SMILES string of the molecule is CCCC(COC)NC(=O)c1cc(Br)cn1C1CC1. The van der Waals surface area contributed by atoms with Gasteiger partial charge in [0.2, 0.25) is 0 Å². The zero-order chi connectivity index (χ0) is 13.8. The van der Waals surface area contributed by atoms with Crippen molar-refractivity contribution in [1.29, 1.82) is 0 Å². The van der Waals surface area contributed by atoms with E-state index in [9.17, 15) is 4.79 Å². The summed E-state index contributed by atoms with van der Waals surface area (Å²) in [5, 5.41) is 3.07. The van der Waals surface area contributed by atoms with E-state index in [0.29, 0.717) is 12.6 Å². The molecular weight excluding hydrogens is 308 g/mol. The molecule has 4 nitrogen and oxygen atoms in total. The molecule has 2 rings (SSSR count). The molecule has 1 aromatic rings. The first kappa shape index (κ1) is 14.6. The van der Waals surface area contributed by atoms with Gasteiger partial charge in [0.1, 0.15) is 5.69 Å². The summed E-state index contributed by atoms with van der Waals surface area (Å²) in [6.45, 7) is 2.67. The molecule has 1 aliphatic carbocycles. The van der Waals surface area contributed by atoms with Crippen molar-refractivity contribution in [3.8, 4) is 0 Å². The molecular formula is C14H21BrN2O2. The van der Waals surface area contributed by atoms with Gasteiger partial charge in [0, 0.05) is 23.8 Å². The van der Waals surface area contributed by atoms with Crippen molar-refractivity contribution in [2.24, 2.45) is 0 Å². The maximum Gasteiger partial charge on any atom is 0.268 e. The summed E-state index contributed by atoms with van der Waals surface area (Å²) in [4.78, 5) is 12.4. The summed E-state index contributed by atoms with van der Waals surface area (Å²) in [7, 11) is 1.66. The maximum absolute atomic E-state index is 12.4. The number of nitrogens with zero attached hydrogens (tertiary/aromatic N) is 1. The predicted molar refractivity (Wildman–Crippen MR) is 78.4 cm³/mol. The summed E-state index contributed by atoms with van der Waals surface area (Å²) < 4.78 is 8.20. The zero-order valence-electron chi connectivity index (χ0n) is 11.5. The predicted octanol–water partition coefficient (Wildman–Crippen LogP) is 3.13. The Bertz CT molecular complexity index is 435. The lowest BCUT2D eigenvalue weighted by Gasteiger charge is -2.17. The fraction of sp³-hybridized carbons (Fsp3) is 0.643. The molecule has 0 aliphatic heterocycles. The molecule has 1 aromatic heterocycles. The largest absolute Gasteiger partial charge is 0.383 e. The monoisotopic (exact) mass is 328 g/mol. The van der Waals surface area contributed by atoms with Crippen LogP contribution in [0.1, 0.15) is 49.1 Å². The Kier molecular flexibility index (Phi) is 5.05. The molecule has 1 atom stereocenters. The molecule has 1 unspecified atom stereocenters. The van der Waals surface area contributed by atoms with E-state index in [4.69, 9.17) is 4.74 Å². The first-order chi connectivity index (χ1) is 9.15. The van der Waals surface area contributed by atoms with Crippen molar-refractivity contribution in [3.63, 3.8) is 0 Å². The Morgan fingerprint density at radius 3 is 2.95 bits per heavy atom. The molecule has 0 spiro atoms. The van der Waals surface area contributed by atoms with E-state index in [-0.39, 0.29) is 11.9 Å². The van der Waals surface area contributed by atoms with E-state index in [1.54, 1.807) is 7.11 Å². The van der Waals surface area contributed by atoms with Crippen LogP contribution in [-0.4, -0.2) is 30.2 Å². The first-order valence-electron chi connectivity index (χ1n) is 6.82. The number of amides is 1. The topological polar surface area (TPSA) is 43.3 Å². The van der Waals surface area contributed by atoms with E-state index in [0.717, 1.165) is 35.8 Å². The number of hydrogen-bond acceptors (Lipinski definition) is 2. The van der Waals surface area contributed by atoms with Crippen LogP contribution in [0.25, 0.3) is 0 Å². The van der Waals surface area contributed by atoms with Gasteiger partial charge < -0.3 is 14.6 Å². The van der Waals surface area contributed by atoms with E-state index in [2.05, 4.69) is 32.7 Å². The number of carbonyl (C=O) groups is 1. The van der Waals surface area contributed by atoms with E-state index in [1.807, 2.05) is 12.3 Å². The van der Waals surface area contributed by atoms with Crippen LogP contribution in [-0.2, 0) is 4.74 Å². The highest BCUT2D eigenvalue weighted by atomic mass is 79.9. The minimum absolute atomic E-state index is 0.00639. The lowest BCUT2D eigenvalue weighted by atomic mass is 10.2. The van der Waals surface area contributed by atoms with Gasteiger partial charge in [-0.15, -0.1) is 0 Å². The molecule has 1 amide bonds. The minimum atomic E-state index is -0.00639. The van der Waals surface area contributed by atoms with Crippen molar-refractivity contribution in [2.45, 2.75) is 44.7 Å². The van der Waals surface area contributed by atoms with Gasteiger partial charge in [-0.3, -0.25) is 4.79 Å². The van der Waals surface area contributed by atoms with Gasteiger partial charge in [0.25, 0.3) is 5.91 Å². The number of rotatable bonds is 7. The Morgan fingerprint density at radius 2 is 2.37 bits per heavy atom. The fourth-order valence-corrected chi connectivity index (χ4v) is 2.73.